The molecule has 0 spiro atoms. The van der Waals surface area contributed by atoms with Gasteiger partial charge in [-0.2, -0.15) is 0 Å². The zero-order valence-electron chi connectivity index (χ0n) is 13.4. The number of amides is 1. The Morgan fingerprint density at radius 1 is 1.20 bits per heavy atom. The van der Waals surface area contributed by atoms with E-state index in [9.17, 15) is 14.6 Å². The molecule has 0 fully saturated rings. The number of nitrogens with one attached hydrogen (secondary N) is 1. The summed E-state index contributed by atoms with van der Waals surface area (Å²) in [6.07, 6.45) is 0. The summed E-state index contributed by atoms with van der Waals surface area (Å²) in [5.41, 5.74) is 3.20. The van der Waals surface area contributed by atoms with Gasteiger partial charge in [-0.1, -0.05) is 6.07 Å². The van der Waals surface area contributed by atoms with E-state index < -0.39 is 12.7 Å². The quantitative estimate of drug-likeness (QED) is 0.548. The lowest BCUT2D eigenvalue weighted by molar-refractivity contribution is 0.102. The summed E-state index contributed by atoms with van der Waals surface area (Å²) in [7, 11) is -0.999. The molecule has 1 amide bonds. The number of aryl methyl sites for hydroxylation is 1. The third kappa shape index (κ3) is 2.84. The van der Waals surface area contributed by atoms with Crippen molar-refractivity contribution in [2.45, 2.75) is 13.5 Å². The Labute approximate surface area is 143 Å². The zero-order chi connectivity index (χ0) is 17.6. The van der Waals surface area contributed by atoms with Gasteiger partial charge in [-0.05, 0) is 47.8 Å². The summed E-state index contributed by atoms with van der Waals surface area (Å²) >= 11 is 0. The second kappa shape index (κ2) is 5.88. The van der Waals surface area contributed by atoms with Crippen molar-refractivity contribution < 1.29 is 18.9 Å². The Morgan fingerprint density at radius 2 is 2.04 bits per heavy atom. The maximum atomic E-state index is 12.5. The normalized spacial score (nSPS) is 13.1. The molecule has 0 saturated carbocycles. The molecular weight excluding hydrogens is 321 g/mol. The van der Waals surface area contributed by atoms with E-state index in [1.807, 2.05) is 6.92 Å². The van der Waals surface area contributed by atoms with Crippen LogP contribution in [0.2, 0.25) is 0 Å². The second-order valence-electron chi connectivity index (χ2n) is 5.99. The van der Waals surface area contributed by atoms with Gasteiger partial charge < -0.3 is 19.4 Å². The topological polar surface area (TPSA) is 88.8 Å². The summed E-state index contributed by atoms with van der Waals surface area (Å²) < 4.78 is 10.3. The van der Waals surface area contributed by atoms with Crippen LogP contribution in [0.15, 0.2) is 51.7 Å². The van der Waals surface area contributed by atoms with Crippen molar-refractivity contribution in [1.82, 2.24) is 0 Å². The first kappa shape index (κ1) is 15.6. The number of rotatable bonds is 2. The minimum Gasteiger partial charge on any atom is -0.423 e. The van der Waals surface area contributed by atoms with E-state index in [4.69, 9.17) is 9.07 Å². The molecular formula is C18H14BNO5. The molecule has 3 aromatic rings. The molecule has 2 N–H and O–H groups in total. The van der Waals surface area contributed by atoms with Crippen molar-refractivity contribution in [1.29, 1.82) is 0 Å². The van der Waals surface area contributed by atoms with Crippen LogP contribution in [0.3, 0.4) is 0 Å². The molecule has 25 heavy (non-hydrogen) atoms. The highest BCUT2D eigenvalue weighted by molar-refractivity contribution is 6.61. The molecule has 0 saturated heterocycles. The molecule has 0 radical (unpaired) electrons. The summed E-state index contributed by atoms with van der Waals surface area (Å²) in [4.78, 5) is 24.0. The molecule has 1 aromatic heterocycles. The van der Waals surface area contributed by atoms with Crippen LogP contribution in [0.4, 0.5) is 5.69 Å². The van der Waals surface area contributed by atoms with E-state index in [-0.39, 0.29) is 5.91 Å². The van der Waals surface area contributed by atoms with Gasteiger partial charge in [-0.25, -0.2) is 4.79 Å². The minimum absolute atomic E-state index is 0.323. The number of anilines is 1. The van der Waals surface area contributed by atoms with E-state index >= 15 is 0 Å². The van der Waals surface area contributed by atoms with Crippen LogP contribution in [0.1, 0.15) is 21.5 Å². The molecule has 1 aliphatic heterocycles. The lowest BCUT2D eigenvalue weighted by Crippen LogP contribution is -2.29. The lowest BCUT2D eigenvalue weighted by Gasteiger charge is -2.08. The van der Waals surface area contributed by atoms with Crippen molar-refractivity contribution >= 4 is 35.1 Å². The van der Waals surface area contributed by atoms with Crippen LogP contribution in [0.25, 0.3) is 11.0 Å². The highest BCUT2D eigenvalue weighted by Gasteiger charge is 2.28. The van der Waals surface area contributed by atoms with Gasteiger partial charge in [0.2, 0.25) is 0 Å². The van der Waals surface area contributed by atoms with Gasteiger partial charge in [-0.3, -0.25) is 4.79 Å². The van der Waals surface area contributed by atoms with Crippen LogP contribution in [-0.4, -0.2) is 18.0 Å². The second-order valence-corrected chi connectivity index (χ2v) is 5.99. The summed E-state index contributed by atoms with van der Waals surface area (Å²) in [5.74, 6) is -0.323. The first-order chi connectivity index (χ1) is 12.0. The van der Waals surface area contributed by atoms with Crippen LogP contribution in [0, 0.1) is 6.92 Å². The summed E-state index contributed by atoms with van der Waals surface area (Å²) in [6.45, 7) is 2.16. The van der Waals surface area contributed by atoms with Crippen molar-refractivity contribution in [2.75, 3.05) is 5.32 Å². The SMILES string of the molecule is Cc1cc(=O)oc2cc(NC(=O)c3ccc4c(c3)B(O)OC4)ccc12. The zero-order valence-corrected chi connectivity index (χ0v) is 13.4. The van der Waals surface area contributed by atoms with E-state index in [2.05, 4.69) is 5.32 Å². The number of carbonyl (C=O) groups excluding carboxylic acids is 1. The Balaban J connectivity index is 1.64. The van der Waals surface area contributed by atoms with Gasteiger partial charge in [0.25, 0.3) is 5.91 Å². The van der Waals surface area contributed by atoms with Crippen LogP contribution < -0.4 is 16.4 Å². The fraction of sp³-hybridized carbons (Fsp3) is 0.111. The van der Waals surface area contributed by atoms with Gasteiger partial charge in [0.15, 0.2) is 0 Å². The van der Waals surface area contributed by atoms with Gasteiger partial charge >= 0.3 is 12.7 Å². The average molecular weight is 335 g/mol. The fourth-order valence-electron chi connectivity index (χ4n) is 2.96. The predicted molar refractivity (Wildman–Crippen MR) is 94.0 cm³/mol. The first-order valence-corrected chi connectivity index (χ1v) is 7.79. The molecule has 2 heterocycles. The van der Waals surface area contributed by atoms with E-state index in [0.717, 1.165) is 16.5 Å². The Bertz CT molecular complexity index is 1060. The van der Waals surface area contributed by atoms with E-state index in [0.29, 0.717) is 28.9 Å². The number of hydrogen-bond donors (Lipinski definition) is 2. The van der Waals surface area contributed by atoms with Crippen molar-refractivity contribution in [3.63, 3.8) is 0 Å². The number of carbonyl (C=O) groups is 1. The summed E-state index contributed by atoms with van der Waals surface area (Å²) in [5, 5.41) is 13.3. The van der Waals surface area contributed by atoms with Crippen LogP contribution in [-0.2, 0) is 11.3 Å². The molecule has 0 atom stereocenters. The molecule has 0 bridgehead atoms. The lowest BCUT2D eigenvalue weighted by atomic mass is 9.79. The van der Waals surface area contributed by atoms with E-state index in [1.54, 1.807) is 36.4 Å². The standard InChI is InChI=1S/C18H14BNO5/c1-10-6-17(21)25-16-8-13(4-5-14(10)16)20-18(22)11-2-3-12-9-24-19(23)15(12)7-11/h2-8,23H,9H2,1H3,(H,20,22). The van der Waals surface area contributed by atoms with Crippen molar-refractivity contribution in [3.8, 4) is 0 Å². The number of benzene rings is 2. The van der Waals surface area contributed by atoms with Crippen molar-refractivity contribution in [2.24, 2.45) is 0 Å². The maximum Gasteiger partial charge on any atom is 0.491 e. The van der Waals surface area contributed by atoms with Gasteiger partial charge in [0.1, 0.15) is 5.58 Å². The third-order valence-corrected chi connectivity index (χ3v) is 4.28. The summed E-state index contributed by atoms with van der Waals surface area (Å²) in [6, 6.07) is 11.7. The first-order valence-electron chi connectivity index (χ1n) is 7.79. The fourth-order valence-corrected chi connectivity index (χ4v) is 2.96. The molecule has 7 heteroatoms. The molecule has 1 aliphatic rings. The number of fused-ring (bicyclic) bond motifs is 2. The van der Waals surface area contributed by atoms with Gasteiger partial charge in [-0.15, -0.1) is 0 Å². The predicted octanol–water partition coefficient (Wildman–Crippen LogP) is 1.57. The molecule has 0 aliphatic carbocycles. The third-order valence-electron chi connectivity index (χ3n) is 4.28. The molecule has 124 valence electrons. The minimum atomic E-state index is -0.999. The Kier molecular flexibility index (Phi) is 3.67. The van der Waals surface area contributed by atoms with E-state index in [1.165, 1.54) is 6.07 Å². The highest BCUT2D eigenvalue weighted by Crippen LogP contribution is 2.21. The molecule has 0 unspecified atom stereocenters. The van der Waals surface area contributed by atoms with Crippen LogP contribution in [0.5, 0.6) is 0 Å². The monoisotopic (exact) mass is 335 g/mol. The van der Waals surface area contributed by atoms with Crippen molar-refractivity contribution in [3.05, 3.63) is 69.6 Å². The smallest absolute Gasteiger partial charge is 0.423 e. The maximum absolute atomic E-state index is 12.5. The Hall–Kier alpha value is -2.90. The highest BCUT2D eigenvalue weighted by atomic mass is 16.5. The number of hydrogen-bond acceptors (Lipinski definition) is 5. The molecule has 4 rings (SSSR count). The average Bonchev–Trinajstić information content (AvgIpc) is 2.95. The van der Waals surface area contributed by atoms with Crippen LogP contribution >= 0.6 is 0 Å². The molecule has 6 nitrogen and oxygen atoms in total. The molecule has 2 aromatic carbocycles. The van der Waals surface area contributed by atoms with Gasteiger partial charge in [0, 0.05) is 28.8 Å². The largest absolute Gasteiger partial charge is 0.491 e. The van der Waals surface area contributed by atoms with Gasteiger partial charge in [0.05, 0.1) is 6.61 Å². The Morgan fingerprint density at radius 3 is 2.88 bits per heavy atom.